The van der Waals surface area contributed by atoms with E-state index >= 15 is 0 Å². The summed E-state index contributed by atoms with van der Waals surface area (Å²) in [5.41, 5.74) is 0.829. The summed E-state index contributed by atoms with van der Waals surface area (Å²) in [6.45, 7) is 1.13. The van der Waals surface area contributed by atoms with Crippen molar-refractivity contribution in [1.29, 1.82) is 0 Å². The van der Waals surface area contributed by atoms with Gasteiger partial charge < -0.3 is 10.4 Å². The van der Waals surface area contributed by atoms with Crippen molar-refractivity contribution in [1.82, 2.24) is 5.32 Å². The summed E-state index contributed by atoms with van der Waals surface area (Å²) in [6, 6.07) is 4.85. The quantitative estimate of drug-likeness (QED) is 0.792. The predicted octanol–water partition coefficient (Wildman–Crippen LogP) is 2.54. The minimum atomic E-state index is -0.797. The summed E-state index contributed by atoms with van der Waals surface area (Å²) in [7, 11) is 0. The second-order valence-corrected chi connectivity index (χ2v) is 4.18. The molecule has 0 radical (unpaired) electrons. The zero-order valence-corrected chi connectivity index (χ0v) is 10.3. The van der Waals surface area contributed by atoms with Gasteiger partial charge in [-0.1, -0.05) is 12.1 Å². The van der Waals surface area contributed by atoms with E-state index in [0.29, 0.717) is 24.0 Å². The van der Waals surface area contributed by atoms with Crippen LogP contribution in [0.5, 0.6) is 0 Å². The van der Waals surface area contributed by atoms with Gasteiger partial charge in [0.2, 0.25) is 0 Å². The number of carboxylic acids is 1. The molecule has 0 bridgehead atoms. The topological polar surface area (TPSA) is 49.3 Å². The Morgan fingerprint density at radius 3 is 2.94 bits per heavy atom. The molecule has 0 amide bonds. The van der Waals surface area contributed by atoms with Gasteiger partial charge in [-0.2, -0.15) is 0 Å². The van der Waals surface area contributed by atoms with Gasteiger partial charge in [-0.25, -0.2) is 4.39 Å². The summed E-state index contributed by atoms with van der Waals surface area (Å²) in [6.07, 6.45) is 0.722. The lowest BCUT2D eigenvalue weighted by atomic mass is 10.2. The van der Waals surface area contributed by atoms with Crippen molar-refractivity contribution in [3.8, 4) is 0 Å². The number of nitrogens with one attached hydrogen (secondary N) is 1. The molecule has 0 aromatic heterocycles. The maximum absolute atomic E-state index is 13.1. The third-order valence-corrected chi connectivity index (χ3v) is 2.98. The Kier molecular flexibility index (Phi) is 5.42. The fourth-order valence-corrected chi connectivity index (χ4v) is 1.68. The molecule has 88 valence electrons. The van der Waals surface area contributed by atoms with E-state index in [1.807, 2.05) is 6.07 Å². The minimum Gasteiger partial charge on any atom is -0.481 e. The molecule has 0 saturated heterocycles. The molecular formula is C11H13BrFNO2. The Hall–Kier alpha value is -0.940. The number of carbonyl (C=O) groups is 1. The van der Waals surface area contributed by atoms with Gasteiger partial charge in [-0.3, -0.25) is 4.79 Å². The number of benzene rings is 1. The Balaban J connectivity index is 2.32. The number of carboxylic acid groups (broad SMARTS) is 1. The standard InChI is InChI=1S/C11H13BrFNO2/c12-11-8(3-1-4-9(11)13)7-14-6-2-5-10(15)16/h1,3-4,14H,2,5-7H2,(H,15,16). The molecule has 0 aliphatic carbocycles. The number of hydrogen-bond donors (Lipinski definition) is 2. The van der Waals surface area contributed by atoms with Gasteiger partial charge in [-0.05, 0) is 40.5 Å². The van der Waals surface area contributed by atoms with Crippen molar-refractivity contribution in [2.75, 3.05) is 6.54 Å². The number of hydrogen-bond acceptors (Lipinski definition) is 2. The summed E-state index contributed by atoms with van der Waals surface area (Å²) >= 11 is 3.16. The molecule has 5 heteroatoms. The molecule has 1 rings (SSSR count). The van der Waals surface area contributed by atoms with Gasteiger partial charge >= 0.3 is 5.97 Å². The largest absolute Gasteiger partial charge is 0.481 e. The maximum Gasteiger partial charge on any atom is 0.303 e. The van der Waals surface area contributed by atoms with Crippen LogP contribution in [-0.2, 0) is 11.3 Å². The molecule has 1 aromatic carbocycles. The summed E-state index contributed by atoms with van der Waals surface area (Å²) < 4.78 is 13.6. The molecule has 0 aliphatic heterocycles. The van der Waals surface area contributed by atoms with Crippen LogP contribution >= 0.6 is 15.9 Å². The normalized spacial score (nSPS) is 10.4. The summed E-state index contributed by atoms with van der Waals surface area (Å²) in [5.74, 6) is -1.08. The first-order valence-electron chi connectivity index (χ1n) is 4.96. The lowest BCUT2D eigenvalue weighted by Gasteiger charge is -2.06. The molecule has 0 heterocycles. The average molecular weight is 290 g/mol. The van der Waals surface area contributed by atoms with Crippen molar-refractivity contribution in [2.45, 2.75) is 19.4 Å². The molecule has 0 fully saturated rings. The lowest BCUT2D eigenvalue weighted by molar-refractivity contribution is -0.137. The van der Waals surface area contributed by atoms with E-state index in [-0.39, 0.29) is 12.2 Å². The number of halogens is 2. The average Bonchev–Trinajstić information content (AvgIpc) is 2.23. The molecule has 0 aliphatic rings. The van der Waals surface area contributed by atoms with E-state index in [1.54, 1.807) is 6.07 Å². The monoisotopic (exact) mass is 289 g/mol. The van der Waals surface area contributed by atoms with Crippen LogP contribution < -0.4 is 5.32 Å². The molecule has 0 spiro atoms. The molecule has 1 aromatic rings. The molecule has 0 atom stereocenters. The van der Waals surface area contributed by atoms with Crippen molar-refractivity contribution in [2.24, 2.45) is 0 Å². The van der Waals surface area contributed by atoms with E-state index in [0.717, 1.165) is 5.56 Å². The third-order valence-electron chi connectivity index (χ3n) is 2.09. The highest BCUT2D eigenvalue weighted by Gasteiger charge is 2.04. The second-order valence-electron chi connectivity index (χ2n) is 3.39. The van der Waals surface area contributed by atoms with Gasteiger partial charge in [0, 0.05) is 13.0 Å². The molecule has 0 unspecified atom stereocenters. The highest BCUT2D eigenvalue weighted by Crippen LogP contribution is 2.19. The lowest BCUT2D eigenvalue weighted by Crippen LogP contribution is -2.16. The zero-order valence-electron chi connectivity index (χ0n) is 8.67. The van der Waals surface area contributed by atoms with Crippen molar-refractivity contribution in [3.05, 3.63) is 34.1 Å². The molecular weight excluding hydrogens is 277 g/mol. The molecule has 3 nitrogen and oxygen atoms in total. The maximum atomic E-state index is 13.1. The van der Waals surface area contributed by atoms with Gasteiger partial charge in [-0.15, -0.1) is 0 Å². The summed E-state index contributed by atoms with van der Waals surface area (Å²) in [5, 5.41) is 11.5. The van der Waals surface area contributed by atoms with E-state index in [4.69, 9.17) is 5.11 Å². The van der Waals surface area contributed by atoms with Crippen LogP contribution in [0.15, 0.2) is 22.7 Å². The third kappa shape index (κ3) is 4.28. The summed E-state index contributed by atoms with van der Waals surface area (Å²) in [4.78, 5) is 10.2. The van der Waals surface area contributed by atoms with Gasteiger partial charge in [0.05, 0.1) is 4.47 Å². The van der Waals surface area contributed by atoms with E-state index in [9.17, 15) is 9.18 Å². The number of rotatable bonds is 6. The van der Waals surface area contributed by atoms with Gasteiger partial charge in [0.15, 0.2) is 0 Å². The van der Waals surface area contributed by atoms with Crippen molar-refractivity contribution >= 4 is 21.9 Å². The van der Waals surface area contributed by atoms with Crippen LogP contribution in [0.2, 0.25) is 0 Å². The first-order valence-corrected chi connectivity index (χ1v) is 5.76. The van der Waals surface area contributed by atoms with Crippen LogP contribution in [0.25, 0.3) is 0 Å². The van der Waals surface area contributed by atoms with Gasteiger partial charge in [0.1, 0.15) is 5.82 Å². The second kappa shape index (κ2) is 6.60. The number of aliphatic carboxylic acids is 1. The fourth-order valence-electron chi connectivity index (χ4n) is 1.27. The molecule has 0 saturated carbocycles. The van der Waals surface area contributed by atoms with Crippen molar-refractivity contribution < 1.29 is 14.3 Å². The highest BCUT2D eigenvalue weighted by atomic mass is 79.9. The SMILES string of the molecule is O=C(O)CCCNCc1cccc(F)c1Br. The molecule has 2 N–H and O–H groups in total. The predicted molar refractivity (Wildman–Crippen MR) is 62.7 cm³/mol. The van der Waals surface area contributed by atoms with Crippen LogP contribution in [0.1, 0.15) is 18.4 Å². The van der Waals surface area contributed by atoms with E-state index in [2.05, 4.69) is 21.2 Å². The Bertz CT molecular complexity index is 371. The van der Waals surface area contributed by atoms with Crippen LogP contribution in [0.4, 0.5) is 4.39 Å². The van der Waals surface area contributed by atoms with Crippen LogP contribution in [0.3, 0.4) is 0 Å². The van der Waals surface area contributed by atoms with Crippen LogP contribution in [0, 0.1) is 5.82 Å². The fraction of sp³-hybridized carbons (Fsp3) is 0.364. The first kappa shape index (κ1) is 13.1. The van der Waals surface area contributed by atoms with Gasteiger partial charge in [0.25, 0.3) is 0 Å². The van der Waals surface area contributed by atoms with E-state index < -0.39 is 5.97 Å². The molecule has 16 heavy (non-hydrogen) atoms. The Morgan fingerprint density at radius 1 is 1.50 bits per heavy atom. The van der Waals surface area contributed by atoms with E-state index in [1.165, 1.54) is 6.07 Å². The smallest absolute Gasteiger partial charge is 0.303 e. The van der Waals surface area contributed by atoms with Crippen LogP contribution in [-0.4, -0.2) is 17.6 Å². The Morgan fingerprint density at radius 2 is 2.25 bits per heavy atom. The Labute approximate surface area is 102 Å². The van der Waals surface area contributed by atoms with Crippen molar-refractivity contribution in [3.63, 3.8) is 0 Å². The minimum absolute atomic E-state index is 0.150. The highest BCUT2D eigenvalue weighted by molar-refractivity contribution is 9.10. The zero-order chi connectivity index (χ0) is 12.0. The first-order chi connectivity index (χ1) is 7.61.